The molecule has 118 valence electrons. The molecule has 0 atom stereocenters. The molecule has 1 aromatic heterocycles. The molecule has 2 saturated carbocycles. The normalized spacial score (nSPS) is 22.3. The summed E-state index contributed by atoms with van der Waals surface area (Å²) in [6.45, 7) is 2.70. The van der Waals surface area contributed by atoms with Crippen molar-refractivity contribution in [1.29, 1.82) is 0 Å². The van der Waals surface area contributed by atoms with Crippen LogP contribution in [0.15, 0.2) is 16.3 Å². The standard InChI is InChI=1S/C15H24N2O2S2/c1-15(8-3-2-4-9-15)17-21(18,19)14-7-10-20-13(14)11-16-12-5-6-12/h7,10,12,16-17H,2-6,8-9,11H2,1H3. The Balaban J connectivity index is 1.73. The SMILES string of the molecule is CC1(NS(=O)(=O)c2ccsc2CNC2CC2)CCCCC1. The molecule has 2 aliphatic carbocycles. The summed E-state index contributed by atoms with van der Waals surface area (Å²) < 4.78 is 28.4. The van der Waals surface area contributed by atoms with E-state index in [1.807, 2.05) is 12.3 Å². The van der Waals surface area contributed by atoms with Crippen LogP contribution >= 0.6 is 11.3 Å². The molecule has 0 spiro atoms. The Kier molecular flexibility index (Phi) is 4.41. The summed E-state index contributed by atoms with van der Waals surface area (Å²) in [4.78, 5) is 1.39. The van der Waals surface area contributed by atoms with Crippen molar-refractivity contribution in [3.05, 3.63) is 16.3 Å². The molecule has 1 aromatic rings. The predicted octanol–water partition coefficient (Wildman–Crippen LogP) is 3.00. The van der Waals surface area contributed by atoms with E-state index in [4.69, 9.17) is 0 Å². The molecule has 2 aliphatic rings. The highest BCUT2D eigenvalue weighted by Gasteiger charge is 2.33. The number of rotatable bonds is 6. The Labute approximate surface area is 131 Å². The maximum atomic E-state index is 12.7. The Bertz CT molecular complexity index is 585. The lowest BCUT2D eigenvalue weighted by molar-refractivity contribution is 0.294. The van der Waals surface area contributed by atoms with Crippen molar-refractivity contribution in [2.75, 3.05) is 0 Å². The summed E-state index contributed by atoms with van der Waals surface area (Å²) in [5.41, 5.74) is -0.278. The van der Waals surface area contributed by atoms with Gasteiger partial charge in [-0.25, -0.2) is 13.1 Å². The molecular formula is C15H24N2O2S2. The molecule has 6 heteroatoms. The highest BCUT2D eigenvalue weighted by atomic mass is 32.2. The van der Waals surface area contributed by atoms with Crippen LogP contribution in [0.3, 0.4) is 0 Å². The van der Waals surface area contributed by atoms with E-state index in [0.717, 1.165) is 30.6 Å². The molecule has 0 saturated heterocycles. The number of hydrogen-bond donors (Lipinski definition) is 2. The van der Waals surface area contributed by atoms with Gasteiger partial charge in [0.1, 0.15) is 0 Å². The van der Waals surface area contributed by atoms with Crippen LogP contribution in [-0.2, 0) is 16.6 Å². The zero-order valence-corrected chi connectivity index (χ0v) is 14.2. The number of thiophene rings is 1. The fraction of sp³-hybridized carbons (Fsp3) is 0.733. The van der Waals surface area contributed by atoms with E-state index in [9.17, 15) is 8.42 Å². The molecule has 0 bridgehead atoms. The van der Waals surface area contributed by atoms with Crippen LogP contribution in [0.25, 0.3) is 0 Å². The molecule has 21 heavy (non-hydrogen) atoms. The minimum atomic E-state index is -3.41. The van der Waals surface area contributed by atoms with Gasteiger partial charge in [0.25, 0.3) is 0 Å². The van der Waals surface area contributed by atoms with Crippen molar-refractivity contribution < 1.29 is 8.42 Å². The van der Waals surface area contributed by atoms with E-state index in [1.165, 1.54) is 30.6 Å². The Morgan fingerprint density at radius 3 is 2.67 bits per heavy atom. The van der Waals surface area contributed by atoms with Gasteiger partial charge >= 0.3 is 0 Å². The van der Waals surface area contributed by atoms with Gasteiger partial charge in [0, 0.05) is 23.0 Å². The number of nitrogens with one attached hydrogen (secondary N) is 2. The monoisotopic (exact) mass is 328 g/mol. The van der Waals surface area contributed by atoms with Gasteiger partial charge in [-0.2, -0.15) is 0 Å². The van der Waals surface area contributed by atoms with Gasteiger partial charge in [-0.1, -0.05) is 19.3 Å². The van der Waals surface area contributed by atoms with Crippen molar-refractivity contribution in [2.24, 2.45) is 0 Å². The summed E-state index contributed by atoms with van der Waals surface area (Å²) in [5, 5.41) is 5.28. The van der Waals surface area contributed by atoms with Gasteiger partial charge in [0.05, 0.1) is 4.90 Å². The molecule has 2 fully saturated rings. The van der Waals surface area contributed by atoms with E-state index in [2.05, 4.69) is 10.0 Å². The molecule has 0 aliphatic heterocycles. The lowest BCUT2D eigenvalue weighted by Crippen LogP contribution is -2.47. The van der Waals surface area contributed by atoms with Crippen LogP contribution < -0.4 is 10.0 Å². The van der Waals surface area contributed by atoms with Crippen LogP contribution in [0.1, 0.15) is 56.7 Å². The first kappa shape index (κ1) is 15.5. The lowest BCUT2D eigenvalue weighted by Gasteiger charge is -2.34. The summed E-state index contributed by atoms with van der Waals surface area (Å²) in [5.74, 6) is 0. The molecule has 2 N–H and O–H groups in total. The van der Waals surface area contributed by atoms with E-state index in [0.29, 0.717) is 17.5 Å². The molecule has 0 unspecified atom stereocenters. The first-order valence-corrected chi connectivity index (χ1v) is 10.2. The average molecular weight is 329 g/mol. The third-order valence-electron chi connectivity index (χ3n) is 4.46. The zero-order chi connectivity index (χ0) is 14.9. The second-order valence-electron chi connectivity index (χ2n) is 6.59. The summed E-state index contributed by atoms with van der Waals surface area (Å²) in [6, 6.07) is 2.33. The first-order valence-electron chi connectivity index (χ1n) is 7.82. The molecule has 1 heterocycles. The fourth-order valence-corrected chi connectivity index (χ4v) is 5.90. The van der Waals surface area contributed by atoms with Gasteiger partial charge in [-0.3, -0.25) is 0 Å². The van der Waals surface area contributed by atoms with E-state index in [1.54, 1.807) is 6.07 Å². The molecule has 0 amide bonds. The van der Waals surface area contributed by atoms with E-state index < -0.39 is 10.0 Å². The zero-order valence-electron chi connectivity index (χ0n) is 12.5. The molecule has 4 nitrogen and oxygen atoms in total. The molecule has 0 radical (unpaired) electrons. The molecule has 0 aromatic carbocycles. The maximum absolute atomic E-state index is 12.7. The summed E-state index contributed by atoms with van der Waals surface area (Å²) in [6.07, 6.45) is 7.73. The summed E-state index contributed by atoms with van der Waals surface area (Å²) >= 11 is 1.53. The van der Waals surface area contributed by atoms with Crippen LogP contribution in [-0.4, -0.2) is 20.0 Å². The molecule has 3 rings (SSSR count). The van der Waals surface area contributed by atoms with Gasteiger partial charge < -0.3 is 5.32 Å². The predicted molar refractivity (Wildman–Crippen MR) is 86.0 cm³/mol. The van der Waals surface area contributed by atoms with Crippen molar-refractivity contribution in [3.63, 3.8) is 0 Å². The Morgan fingerprint density at radius 1 is 1.29 bits per heavy atom. The van der Waals surface area contributed by atoms with E-state index in [-0.39, 0.29) is 5.54 Å². The topological polar surface area (TPSA) is 58.2 Å². The van der Waals surface area contributed by atoms with Gasteiger partial charge in [0.15, 0.2) is 0 Å². The Hall–Kier alpha value is -0.430. The van der Waals surface area contributed by atoms with Crippen molar-refractivity contribution >= 4 is 21.4 Å². The quantitative estimate of drug-likeness (QED) is 0.844. The van der Waals surface area contributed by atoms with Gasteiger partial charge in [-0.15, -0.1) is 11.3 Å². The second kappa shape index (κ2) is 5.99. The highest BCUT2D eigenvalue weighted by molar-refractivity contribution is 7.89. The van der Waals surface area contributed by atoms with Crippen molar-refractivity contribution in [3.8, 4) is 0 Å². The minimum Gasteiger partial charge on any atom is -0.309 e. The maximum Gasteiger partial charge on any atom is 0.242 e. The number of hydrogen-bond acceptors (Lipinski definition) is 4. The number of sulfonamides is 1. The van der Waals surface area contributed by atoms with Gasteiger partial charge in [0.2, 0.25) is 10.0 Å². The van der Waals surface area contributed by atoms with Crippen molar-refractivity contribution in [2.45, 2.75) is 74.9 Å². The highest BCUT2D eigenvalue weighted by Crippen LogP contribution is 2.31. The van der Waals surface area contributed by atoms with Crippen LogP contribution in [0.2, 0.25) is 0 Å². The van der Waals surface area contributed by atoms with Gasteiger partial charge in [-0.05, 0) is 44.1 Å². The smallest absolute Gasteiger partial charge is 0.242 e. The van der Waals surface area contributed by atoms with Crippen molar-refractivity contribution in [1.82, 2.24) is 10.0 Å². The second-order valence-corrected chi connectivity index (χ2v) is 9.24. The van der Waals surface area contributed by atoms with Crippen LogP contribution in [0.5, 0.6) is 0 Å². The fourth-order valence-electron chi connectivity index (χ4n) is 3.04. The third-order valence-corrected chi connectivity index (χ3v) is 7.23. The Morgan fingerprint density at radius 2 is 2.00 bits per heavy atom. The van der Waals surface area contributed by atoms with Crippen LogP contribution in [0.4, 0.5) is 0 Å². The summed E-state index contributed by atoms with van der Waals surface area (Å²) in [7, 11) is -3.41. The van der Waals surface area contributed by atoms with Crippen LogP contribution in [0, 0.1) is 0 Å². The van der Waals surface area contributed by atoms with E-state index >= 15 is 0 Å². The average Bonchev–Trinajstić information content (AvgIpc) is 3.12. The minimum absolute atomic E-state index is 0.278. The third kappa shape index (κ3) is 3.86. The molecular weight excluding hydrogens is 304 g/mol. The first-order chi connectivity index (χ1) is 9.99. The largest absolute Gasteiger partial charge is 0.309 e. The lowest BCUT2D eigenvalue weighted by atomic mass is 9.84.